The highest BCUT2D eigenvalue weighted by molar-refractivity contribution is 5.74. The lowest BCUT2D eigenvalue weighted by atomic mass is 9.89. The van der Waals surface area contributed by atoms with Crippen molar-refractivity contribution < 1.29 is 19.4 Å². The van der Waals surface area contributed by atoms with Gasteiger partial charge in [0.15, 0.2) is 0 Å². The summed E-state index contributed by atoms with van der Waals surface area (Å²) in [5.41, 5.74) is 1.03. The van der Waals surface area contributed by atoms with E-state index in [0.717, 1.165) is 5.56 Å². The zero-order valence-electron chi connectivity index (χ0n) is 15.2. The van der Waals surface area contributed by atoms with Crippen molar-refractivity contribution in [2.75, 3.05) is 7.11 Å². The first-order valence-electron chi connectivity index (χ1n) is 8.39. The van der Waals surface area contributed by atoms with Gasteiger partial charge in [-0.2, -0.15) is 0 Å². The topological polar surface area (TPSA) is 55.8 Å². The van der Waals surface area contributed by atoms with Gasteiger partial charge in [-0.1, -0.05) is 42.5 Å². The van der Waals surface area contributed by atoms with Gasteiger partial charge in [0.05, 0.1) is 19.1 Å². The molecule has 0 aliphatic carbocycles. The van der Waals surface area contributed by atoms with Gasteiger partial charge in [-0.3, -0.25) is 4.79 Å². The van der Waals surface area contributed by atoms with Crippen LogP contribution in [0.4, 0.5) is 0 Å². The van der Waals surface area contributed by atoms with Gasteiger partial charge in [-0.25, -0.2) is 0 Å². The molecule has 0 aromatic heterocycles. The molecule has 134 valence electrons. The molecule has 2 aromatic rings. The lowest BCUT2D eigenvalue weighted by Gasteiger charge is -2.27. The van der Waals surface area contributed by atoms with Gasteiger partial charge in [-0.05, 0) is 50.5 Å². The van der Waals surface area contributed by atoms with Crippen LogP contribution in [0.5, 0.6) is 5.75 Å². The highest BCUT2D eigenvalue weighted by atomic mass is 16.6. The first kappa shape index (κ1) is 19.0. The van der Waals surface area contributed by atoms with Crippen molar-refractivity contribution in [3.8, 4) is 5.75 Å². The fourth-order valence-corrected chi connectivity index (χ4v) is 2.60. The third-order valence-electron chi connectivity index (χ3n) is 3.85. The van der Waals surface area contributed by atoms with Crippen molar-refractivity contribution in [1.29, 1.82) is 0 Å². The minimum Gasteiger partial charge on any atom is -0.497 e. The summed E-state index contributed by atoms with van der Waals surface area (Å²) in [7, 11) is 1.59. The van der Waals surface area contributed by atoms with Crippen LogP contribution in [-0.4, -0.2) is 23.8 Å². The lowest BCUT2D eigenvalue weighted by Crippen LogP contribution is -2.33. The Morgan fingerprint density at radius 1 is 1.04 bits per heavy atom. The quantitative estimate of drug-likeness (QED) is 0.808. The molecule has 4 nitrogen and oxygen atoms in total. The molecule has 0 radical (unpaired) electrons. The van der Waals surface area contributed by atoms with Gasteiger partial charge in [0.25, 0.3) is 0 Å². The molecule has 25 heavy (non-hydrogen) atoms. The minimum absolute atomic E-state index is 0.403. The van der Waals surface area contributed by atoms with Gasteiger partial charge >= 0.3 is 5.97 Å². The maximum Gasteiger partial charge on any atom is 0.312 e. The van der Waals surface area contributed by atoms with E-state index in [0.29, 0.717) is 17.7 Å². The van der Waals surface area contributed by atoms with E-state index < -0.39 is 23.6 Å². The van der Waals surface area contributed by atoms with Crippen LogP contribution in [0.15, 0.2) is 54.6 Å². The van der Waals surface area contributed by atoms with Crippen LogP contribution in [0.1, 0.15) is 38.0 Å². The molecule has 2 atom stereocenters. The van der Waals surface area contributed by atoms with E-state index >= 15 is 0 Å². The number of hydrogen-bond donors (Lipinski definition) is 1. The van der Waals surface area contributed by atoms with Crippen molar-refractivity contribution in [3.05, 3.63) is 65.7 Å². The first-order chi connectivity index (χ1) is 11.8. The van der Waals surface area contributed by atoms with E-state index in [1.807, 2.05) is 51.1 Å². The Morgan fingerprint density at radius 3 is 2.16 bits per heavy atom. The molecule has 0 fully saturated rings. The van der Waals surface area contributed by atoms with Gasteiger partial charge < -0.3 is 14.6 Å². The fourth-order valence-electron chi connectivity index (χ4n) is 2.60. The number of esters is 1. The molecule has 0 bridgehead atoms. The zero-order valence-corrected chi connectivity index (χ0v) is 15.2. The fraction of sp³-hybridized carbons (Fsp3) is 0.381. The average Bonchev–Trinajstić information content (AvgIpc) is 2.58. The smallest absolute Gasteiger partial charge is 0.312 e. The second-order valence-electron chi connectivity index (χ2n) is 7.05. The van der Waals surface area contributed by atoms with Crippen molar-refractivity contribution in [2.24, 2.45) is 5.92 Å². The molecule has 1 N–H and O–H groups in total. The number of hydrogen-bond acceptors (Lipinski definition) is 4. The zero-order chi connectivity index (χ0) is 18.4. The van der Waals surface area contributed by atoms with Gasteiger partial charge in [-0.15, -0.1) is 0 Å². The standard InChI is InChI=1S/C21H26O4/c1-21(2,3)25-20(23)18(14-15-8-6-5-7-9-15)19(22)16-10-12-17(24-4)13-11-16/h5-13,18-19,22H,14H2,1-4H3/t18-,19+/m0/s1. The number of aliphatic hydroxyl groups is 1. The summed E-state index contributed by atoms with van der Waals surface area (Å²) < 4.78 is 10.7. The highest BCUT2D eigenvalue weighted by Gasteiger charge is 2.32. The number of rotatable bonds is 6. The largest absolute Gasteiger partial charge is 0.497 e. The van der Waals surface area contributed by atoms with Crippen LogP contribution in [-0.2, 0) is 16.0 Å². The molecule has 2 aromatic carbocycles. The van der Waals surface area contributed by atoms with Crippen LogP contribution in [0.3, 0.4) is 0 Å². The van der Waals surface area contributed by atoms with Crippen LogP contribution in [0.25, 0.3) is 0 Å². The number of carbonyl (C=O) groups excluding carboxylic acids is 1. The second-order valence-corrected chi connectivity index (χ2v) is 7.05. The third kappa shape index (κ3) is 5.61. The van der Waals surface area contributed by atoms with E-state index in [4.69, 9.17) is 9.47 Å². The Hall–Kier alpha value is -2.33. The number of aliphatic hydroxyl groups excluding tert-OH is 1. The molecule has 0 amide bonds. The molecule has 0 aliphatic heterocycles. The lowest BCUT2D eigenvalue weighted by molar-refractivity contribution is -0.164. The first-order valence-corrected chi connectivity index (χ1v) is 8.39. The average molecular weight is 342 g/mol. The van der Waals surface area contributed by atoms with Crippen LogP contribution in [0, 0.1) is 5.92 Å². The predicted molar refractivity (Wildman–Crippen MR) is 97.4 cm³/mol. The minimum atomic E-state index is -0.957. The van der Waals surface area contributed by atoms with Crippen molar-refractivity contribution in [1.82, 2.24) is 0 Å². The predicted octanol–water partition coefficient (Wildman–Crippen LogP) is 3.93. The SMILES string of the molecule is COc1ccc([C@@H](O)[C@H](Cc2ccccc2)C(=O)OC(C)(C)C)cc1. The number of ether oxygens (including phenoxy) is 2. The van der Waals surface area contributed by atoms with Gasteiger partial charge in [0.1, 0.15) is 11.4 Å². The van der Waals surface area contributed by atoms with Crippen molar-refractivity contribution in [2.45, 2.75) is 38.9 Å². The molecule has 0 heterocycles. The molecule has 0 unspecified atom stereocenters. The summed E-state index contributed by atoms with van der Waals surface area (Å²) in [5, 5.41) is 10.8. The van der Waals surface area contributed by atoms with Crippen LogP contribution >= 0.6 is 0 Å². The van der Waals surface area contributed by atoms with Crippen molar-refractivity contribution in [3.63, 3.8) is 0 Å². The molecule has 0 saturated heterocycles. The molecular weight excluding hydrogens is 316 g/mol. The Kier molecular flexibility index (Phi) is 6.21. The Balaban J connectivity index is 2.26. The van der Waals surface area contributed by atoms with Crippen LogP contribution < -0.4 is 4.74 Å². The number of carbonyl (C=O) groups is 1. The molecule has 2 rings (SSSR count). The van der Waals surface area contributed by atoms with Crippen molar-refractivity contribution >= 4 is 5.97 Å². The summed E-state index contributed by atoms with van der Waals surface area (Å²) in [5.74, 6) is -0.387. The van der Waals surface area contributed by atoms with Crippen LogP contribution in [0.2, 0.25) is 0 Å². The van der Waals surface area contributed by atoms with E-state index in [2.05, 4.69) is 0 Å². The Bertz CT molecular complexity index is 671. The molecule has 4 heteroatoms. The van der Waals surface area contributed by atoms with Gasteiger partial charge in [0.2, 0.25) is 0 Å². The second kappa shape index (κ2) is 8.17. The summed E-state index contributed by atoms with van der Waals surface area (Å²) in [6, 6.07) is 16.7. The monoisotopic (exact) mass is 342 g/mol. The number of methoxy groups -OCH3 is 1. The summed E-state index contributed by atoms with van der Waals surface area (Å²) in [4.78, 5) is 12.7. The summed E-state index contributed by atoms with van der Waals surface area (Å²) >= 11 is 0. The maximum atomic E-state index is 12.7. The summed E-state index contributed by atoms with van der Waals surface area (Å²) in [6.07, 6.45) is -0.552. The maximum absolute atomic E-state index is 12.7. The summed E-state index contributed by atoms with van der Waals surface area (Å²) in [6.45, 7) is 5.47. The van der Waals surface area contributed by atoms with E-state index in [-0.39, 0.29) is 0 Å². The molecule has 0 saturated carbocycles. The number of benzene rings is 2. The molecule has 0 spiro atoms. The third-order valence-corrected chi connectivity index (χ3v) is 3.85. The highest BCUT2D eigenvalue weighted by Crippen LogP contribution is 2.29. The van der Waals surface area contributed by atoms with E-state index in [1.54, 1.807) is 31.4 Å². The molecule has 0 aliphatic rings. The normalized spacial score (nSPS) is 13.8. The van der Waals surface area contributed by atoms with E-state index in [9.17, 15) is 9.90 Å². The Morgan fingerprint density at radius 2 is 1.64 bits per heavy atom. The van der Waals surface area contributed by atoms with Gasteiger partial charge in [0, 0.05) is 0 Å². The molecular formula is C21H26O4. The van der Waals surface area contributed by atoms with E-state index in [1.165, 1.54) is 0 Å². The Labute approximate surface area is 149 Å².